The second kappa shape index (κ2) is 10.1. The maximum absolute atomic E-state index is 13.3. The number of amides is 1. The molecule has 3 aromatic rings. The van der Waals surface area contributed by atoms with Gasteiger partial charge in [-0.15, -0.1) is 0 Å². The van der Waals surface area contributed by atoms with Crippen LogP contribution in [0.3, 0.4) is 0 Å². The van der Waals surface area contributed by atoms with Crippen LogP contribution >= 0.6 is 23.2 Å². The van der Waals surface area contributed by atoms with E-state index < -0.39 is 5.54 Å². The van der Waals surface area contributed by atoms with E-state index in [1.165, 1.54) is 0 Å². The van der Waals surface area contributed by atoms with Crippen molar-refractivity contribution in [2.24, 2.45) is 10.2 Å². The Bertz CT molecular complexity index is 1240. The highest BCUT2D eigenvalue weighted by Gasteiger charge is 2.29. The molecular formula is C28H27Cl2N3O. The molecule has 34 heavy (non-hydrogen) atoms. The van der Waals surface area contributed by atoms with Crippen molar-refractivity contribution in [3.63, 3.8) is 0 Å². The molecule has 0 aromatic heterocycles. The molecule has 3 aromatic carbocycles. The number of carbonyl (C=O) groups is 1. The first-order valence-corrected chi connectivity index (χ1v) is 12.0. The SMILES string of the molecule is CC1=CC(C)(c2cccc(C(=O)NC(C)C(Cc3ccc(Cl)cc3)c3ccc(Cl)cc3)c2)N=N1. The lowest BCUT2D eigenvalue weighted by atomic mass is 9.86. The number of nitrogens with one attached hydrogen (secondary N) is 1. The molecule has 174 valence electrons. The lowest BCUT2D eigenvalue weighted by Crippen LogP contribution is -2.38. The van der Waals surface area contributed by atoms with Gasteiger partial charge in [0.05, 0.1) is 5.70 Å². The summed E-state index contributed by atoms with van der Waals surface area (Å²) < 4.78 is 0. The van der Waals surface area contributed by atoms with Gasteiger partial charge in [-0.05, 0) is 86.4 Å². The van der Waals surface area contributed by atoms with Crippen LogP contribution in [0.25, 0.3) is 0 Å². The van der Waals surface area contributed by atoms with Crippen LogP contribution in [0.2, 0.25) is 10.0 Å². The maximum Gasteiger partial charge on any atom is 0.251 e. The van der Waals surface area contributed by atoms with Gasteiger partial charge in [-0.3, -0.25) is 4.79 Å². The molecule has 0 fully saturated rings. The van der Waals surface area contributed by atoms with Gasteiger partial charge in [-0.1, -0.05) is 59.6 Å². The fourth-order valence-corrected chi connectivity index (χ4v) is 4.57. The first-order chi connectivity index (χ1) is 16.2. The van der Waals surface area contributed by atoms with Gasteiger partial charge in [0, 0.05) is 27.6 Å². The third kappa shape index (κ3) is 5.57. The van der Waals surface area contributed by atoms with E-state index in [0.717, 1.165) is 28.8 Å². The van der Waals surface area contributed by atoms with Gasteiger partial charge in [0.25, 0.3) is 5.91 Å². The Labute approximate surface area is 210 Å². The summed E-state index contributed by atoms with van der Waals surface area (Å²) in [6, 6.07) is 23.1. The Hall–Kier alpha value is -2.95. The molecule has 1 N–H and O–H groups in total. The fraction of sp³-hybridized carbons (Fsp3) is 0.250. The zero-order valence-electron chi connectivity index (χ0n) is 19.4. The summed E-state index contributed by atoms with van der Waals surface area (Å²) in [5.74, 6) is -0.0686. The average molecular weight is 492 g/mol. The van der Waals surface area contributed by atoms with Gasteiger partial charge in [-0.2, -0.15) is 10.2 Å². The Morgan fingerprint density at radius 1 is 1.00 bits per heavy atom. The summed E-state index contributed by atoms with van der Waals surface area (Å²) in [6.45, 7) is 5.95. The lowest BCUT2D eigenvalue weighted by Gasteiger charge is -2.26. The summed E-state index contributed by atoms with van der Waals surface area (Å²) in [4.78, 5) is 13.3. The number of nitrogens with zero attached hydrogens (tertiary/aromatic N) is 2. The summed E-state index contributed by atoms with van der Waals surface area (Å²) >= 11 is 12.2. The molecule has 4 nitrogen and oxygen atoms in total. The van der Waals surface area contributed by atoms with Gasteiger partial charge in [0.1, 0.15) is 5.54 Å². The molecule has 4 rings (SSSR count). The minimum Gasteiger partial charge on any atom is -0.349 e. The molecular weight excluding hydrogens is 465 g/mol. The maximum atomic E-state index is 13.3. The van der Waals surface area contributed by atoms with E-state index in [2.05, 4.69) is 15.5 Å². The Balaban J connectivity index is 1.56. The van der Waals surface area contributed by atoms with Crippen LogP contribution in [0.1, 0.15) is 53.7 Å². The molecule has 1 aliphatic rings. The van der Waals surface area contributed by atoms with Gasteiger partial charge >= 0.3 is 0 Å². The van der Waals surface area contributed by atoms with Crippen LogP contribution in [-0.4, -0.2) is 11.9 Å². The molecule has 6 heteroatoms. The smallest absolute Gasteiger partial charge is 0.251 e. The molecule has 0 bridgehead atoms. The highest BCUT2D eigenvalue weighted by molar-refractivity contribution is 6.30. The third-order valence-electron chi connectivity index (χ3n) is 6.24. The standard InChI is InChI=1S/C28H27Cl2N3O/c1-18-17-28(3,33-32-18)23-6-4-5-22(16-23)27(34)31-19(2)26(21-9-13-25(30)14-10-21)15-20-7-11-24(29)12-8-20/h4-14,16-17,19,26H,15H2,1-3H3,(H,31,34). The van der Waals surface area contributed by atoms with Crippen LogP contribution in [0.5, 0.6) is 0 Å². The number of hydrogen-bond donors (Lipinski definition) is 1. The zero-order valence-corrected chi connectivity index (χ0v) is 20.9. The number of halogens is 2. The van der Waals surface area contributed by atoms with E-state index in [9.17, 15) is 4.79 Å². The molecule has 0 saturated carbocycles. The topological polar surface area (TPSA) is 53.8 Å². The Morgan fingerprint density at radius 3 is 2.26 bits per heavy atom. The molecule has 3 atom stereocenters. The molecule has 3 unspecified atom stereocenters. The van der Waals surface area contributed by atoms with Crippen molar-refractivity contribution in [2.75, 3.05) is 0 Å². The molecule has 0 saturated heterocycles. The van der Waals surface area contributed by atoms with Crippen LogP contribution in [-0.2, 0) is 12.0 Å². The van der Waals surface area contributed by atoms with Crippen molar-refractivity contribution in [1.29, 1.82) is 0 Å². The van der Waals surface area contributed by atoms with Crippen LogP contribution < -0.4 is 5.32 Å². The lowest BCUT2D eigenvalue weighted by molar-refractivity contribution is 0.0934. The van der Waals surface area contributed by atoms with Crippen molar-refractivity contribution in [2.45, 2.75) is 44.7 Å². The van der Waals surface area contributed by atoms with E-state index in [-0.39, 0.29) is 17.9 Å². The summed E-state index contributed by atoms with van der Waals surface area (Å²) in [5, 5.41) is 13.2. The van der Waals surface area contributed by atoms with Crippen molar-refractivity contribution < 1.29 is 4.79 Å². The minimum atomic E-state index is -0.549. The van der Waals surface area contributed by atoms with Gasteiger partial charge in [-0.25, -0.2) is 0 Å². The van der Waals surface area contributed by atoms with Crippen molar-refractivity contribution in [1.82, 2.24) is 5.32 Å². The van der Waals surface area contributed by atoms with E-state index in [1.54, 1.807) is 0 Å². The predicted molar refractivity (Wildman–Crippen MR) is 139 cm³/mol. The number of rotatable bonds is 7. The Kier molecular flexibility index (Phi) is 7.20. The molecule has 1 aliphatic heterocycles. The van der Waals surface area contributed by atoms with Crippen molar-refractivity contribution in [3.05, 3.63) is 117 Å². The van der Waals surface area contributed by atoms with E-state index in [4.69, 9.17) is 23.2 Å². The van der Waals surface area contributed by atoms with Gasteiger partial charge < -0.3 is 5.32 Å². The minimum absolute atomic E-state index is 0.0531. The zero-order chi connectivity index (χ0) is 24.3. The highest BCUT2D eigenvalue weighted by Crippen LogP contribution is 2.34. The molecule has 1 heterocycles. The first-order valence-electron chi connectivity index (χ1n) is 11.3. The van der Waals surface area contributed by atoms with Crippen LogP contribution in [0, 0.1) is 0 Å². The number of hydrogen-bond acceptors (Lipinski definition) is 3. The normalized spacial score (nSPS) is 18.9. The van der Waals surface area contributed by atoms with E-state index in [1.807, 2.05) is 99.6 Å². The predicted octanol–water partition coefficient (Wildman–Crippen LogP) is 7.72. The summed E-state index contributed by atoms with van der Waals surface area (Å²) in [7, 11) is 0. The highest BCUT2D eigenvalue weighted by atomic mass is 35.5. The molecule has 0 aliphatic carbocycles. The third-order valence-corrected chi connectivity index (χ3v) is 6.75. The quantitative estimate of drug-likeness (QED) is 0.361. The monoisotopic (exact) mass is 491 g/mol. The molecule has 0 radical (unpaired) electrons. The average Bonchev–Trinajstić information content (AvgIpc) is 3.19. The van der Waals surface area contributed by atoms with Gasteiger partial charge in [0.15, 0.2) is 0 Å². The number of azo groups is 1. The van der Waals surface area contributed by atoms with Crippen LogP contribution in [0.4, 0.5) is 0 Å². The second-order valence-electron chi connectivity index (χ2n) is 8.96. The largest absolute Gasteiger partial charge is 0.349 e. The van der Waals surface area contributed by atoms with E-state index in [0.29, 0.717) is 15.6 Å². The second-order valence-corrected chi connectivity index (χ2v) is 9.84. The van der Waals surface area contributed by atoms with Crippen molar-refractivity contribution in [3.8, 4) is 0 Å². The summed E-state index contributed by atoms with van der Waals surface area (Å²) in [5.41, 5.74) is 4.12. The molecule has 0 spiro atoms. The fourth-order valence-electron chi connectivity index (χ4n) is 4.32. The number of allylic oxidation sites excluding steroid dienone is 1. The summed E-state index contributed by atoms with van der Waals surface area (Å²) in [6.07, 6.45) is 2.76. The molecule has 1 amide bonds. The number of benzene rings is 3. The van der Waals surface area contributed by atoms with Crippen molar-refractivity contribution >= 4 is 29.1 Å². The van der Waals surface area contributed by atoms with E-state index >= 15 is 0 Å². The van der Waals surface area contributed by atoms with Gasteiger partial charge in [0.2, 0.25) is 0 Å². The first kappa shape index (κ1) is 24.2. The Morgan fingerprint density at radius 2 is 1.65 bits per heavy atom. The number of carbonyl (C=O) groups excluding carboxylic acids is 1. The van der Waals surface area contributed by atoms with Crippen LogP contribution in [0.15, 0.2) is 94.8 Å².